The van der Waals surface area contributed by atoms with Crippen LogP contribution in [-0.4, -0.2) is 16.3 Å². The summed E-state index contributed by atoms with van der Waals surface area (Å²) in [5, 5.41) is 7.81. The van der Waals surface area contributed by atoms with Crippen molar-refractivity contribution in [2.45, 2.75) is 32.9 Å². The minimum absolute atomic E-state index is 0.171. The molecule has 17 heavy (non-hydrogen) atoms. The van der Waals surface area contributed by atoms with Crippen LogP contribution in [0.2, 0.25) is 0 Å². The molecule has 0 radical (unpaired) electrons. The highest BCUT2D eigenvalue weighted by Crippen LogP contribution is 2.21. The van der Waals surface area contributed by atoms with E-state index in [-0.39, 0.29) is 6.04 Å². The lowest BCUT2D eigenvalue weighted by molar-refractivity contribution is 0.552. The van der Waals surface area contributed by atoms with Crippen LogP contribution in [0.25, 0.3) is 0 Å². The van der Waals surface area contributed by atoms with Crippen molar-refractivity contribution in [3.8, 4) is 0 Å². The fourth-order valence-corrected chi connectivity index (χ4v) is 1.95. The lowest BCUT2D eigenvalue weighted by Gasteiger charge is -2.14. The van der Waals surface area contributed by atoms with Gasteiger partial charge < -0.3 is 9.73 Å². The molecule has 0 fully saturated rings. The van der Waals surface area contributed by atoms with Crippen LogP contribution in [0.5, 0.6) is 0 Å². The van der Waals surface area contributed by atoms with E-state index in [1.807, 2.05) is 16.9 Å². The molecule has 1 atom stereocenters. The van der Waals surface area contributed by atoms with Gasteiger partial charge in [-0.2, -0.15) is 5.10 Å². The Kier molecular flexibility index (Phi) is 3.98. The SMILES string of the molecule is CCCn1cc(C(NCC)c2ccoc2)cn1. The van der Waals surface area contributed by atoms with Gasteiger partial charge in [-0.1, -0.05) is 13.8 Å². The van der Waals surface area contributed by atoms with Crippen molar-refractivity contribution < 1.29 is 4.42 Å². The molecule has 2 aromatic heterocycles. The molecule has 0 amide bonds. The van der Waals surface area contributed by atoms with Gasteiger partial charge in [0, 0.05) is 23.9 Å². The van der Waals surface area contributed by atoms with Gasteiger partial charge in [0.2, 0.25) is 0 Å². The molecule has 2 heterocycles. The first kappa shape index (κ1) is 11.9. The van der Waals surface area contributed by atoms with Crippen LogP contribution in [0.4, 0.5) is 0 Å². The minimum atomic E-state index is 0.171. The summed E-state index contributed by atoms with van der Waals surface area (Å²) in [5.74, 6) is 0. The molecule has 0 saturated carbocycles. The van der Waals surface area contributed by atoms with E-state index >= 15 is 0 Å². The first-order valence-electron chi connectivity index (χ1n) is 6.13. The van der Waals surface area contributed by atoms with E-state index < -0.39 is 0 Å². The summed E-state index contributed by atoms with van der Waals surface area (Å²) in [7, 11) is 0. The van der Waals surface area contributed by atoms with E-state index in [2.05, 4.69) is 30.5 Å². The molecule has 2 aromatic rings. The zero-order chi connectivity index (χ0) is 12.1. The Hall–Kier alpha value is -1.55. The number of hydrogen-bond donors (Lipinski definition) is 1. The van der Waals surface area contributed by atoms with Gasteiger partial charge in [0.25, 0.3) is 0 Å². The van der Waals surface area contributed by atoms with Crippen molar-refractivity contribution in [3.05, 3.63) is 42.1 Å². The average Bonchev–Trinajstić information content (AvgIpc) is 2.97. The fraction of sp³-hybridized carbons (Fsp3) is 0.462. The zero-order valence-electron chi connectivity index (χ0n) is 10.4. The van der Waals surface area contributed by atoms with Gasteiger partial charge in [-0.15, -0.1) is 0 Å². The highest BCUT2D eigenvalue weighted by atomic mass is 16.3. The van der Waals surface area contributed by atoms with Gasteiger partial charge in [0.1, 0.15) is 0 Å². The van der Waals surface area contributed by atoms with Gasteiger partial charge in [-0.05, 0) is 19.0 Å². The molecular weight excluding hydrogens is 214 g/mol. The molecule has 0 bridgehead atoms. The molecule has 0 spiro atoms. The van der Waals surface area contributed by atoms with E-state index in [1.54, 1.807) is 12.5 Å². The average molecular weight is 233 g/mol. The predicted molar refractivity (Wildman–Crippen MR) is 66.7 cm³/mol. The van der Waals surface area contributed by atoms with E-state index in [9.17, 15) is 0 Å². The van der Waals surface area contributed by atoms with Crippen molar-refractivity contribution >= 4 is 0 Å². The highest BCUT2D eigenvalue weighted by molar-refractivity contribution is 5.25. The maximum Gasteiger partial charge on any atom is 0.0953 e. The van der Waals surface area contributed by atoms with Gasteiger partial charge in [0.05, 0.1) is 24.8 Å². The number of furan rings is 1. The molecule has 4 nitrogen and oxygen atoms in total. The van der Waals surface area contributed by atoms with Crippen LogP contribution < -0.4 is 5.32 Å². The maximum absolute atomic E-state index is 5.15. The molecule has 92 valence electrons. The summed E-state index contributed by atoms with van der Waals surface area (Å²) in [6.07, 6.45) is 8.61. The predicted octanol–water partition coefficient (Wildman–Crippen LogP) is 2.59. The molecule has 0 aliphatic carbocycles. The van der Waals surface area contributed by atoms with Crippen molar-refractivity contribution in [2.24, 2.45) is 0 Å². The second kappa shape index (κ2) is 5.68. The molecule has 0 saturated heterocycles. The third-order valence-electron chi connectivity index (χ3n) is 2.72. The summed E-state index contributed by atoms with van der Waals surface area (Å²) >= 11 is 0. The Labute approximate surface area is 102 Å². The van der Waals surface area contributed by atoms with Crippen LogP contribution in [0.15, 0.2) is 35.4 Å². The topological polar surface area (TPSA) is 43.0 Å². The molecule has 4 heteroatoms. The Morgan fingerprint density at radius 2 is 2.29 bits per heavy atom. The first-order chi connectivity index (χ1) is 8.35. The number of aryl methyl sites for hydroxylation is 1. The molecular formula is C13H19N3O. The summed E-state index contributed by atoms with van der Waals surface area (Å²) in [6.45, 7) is 6.13. The van der Waals surface area contributed by atoms with E-state index in [1.165, 1.54) is 5.56 Å². The summed E-state index contributed by atoms with van der Waals surface area (Å²) in [4.78, 5) is 0. The fourth-order valence-electron chi connectivity index (χ4n) is 1.95. The van der Waals surface area contributed by atoms with Crippen LogP contribution in [0, 0.1) is 0 Å². The van der Waals surface area contributed by atoms with E-state index in [0.717, 1.165) is 25.1 Å². The number of aromatic nitrogens is 2. The third kappa shape index (κ3) is 2.77. The monoisotopic (exact) mass is 233 g/mol. The number of rotatable bonds is 6. The second-order valence-electron chi connectivity index (χ2n) is 4.08. The lowest BCUT2D eigenvalue weighted by atomic mass is 10.1. The molecule has 1 unspecified atom stereocenters. The summed E-state index contributed by atoms with van der Waals surface area (Å²) < 4.78 is 7.14. The smallest absolute Gasteiger partial charge is 0.0953 e. The second-order valence-corrected chi connectivity index (χ2v) is 4.08. The van der Waals surface area contributed by atoms with Crippen LogP contribution in [0.3, 0.4) is 0 Å². The minimum Gasteiger partial charge on any atom is -0.472 e. The van der Waals surface area contributed by atoms with Gasteiger partial charge in [-0.3, -0.25) is 4.68 Å². The van der Waals surface area contributed by atoms with Crippen LogP contribution >= 0.6 is 0 Å². The summed E-state index contributed by atoms with van der Waals surface area (Å²) in [5.41, 5.74) is 2.32. The largest absolute Gasteiger partial charge is 0.472 e. The number of hydrogen-bond acceptors (Lipinski definition) is 3. The third-order valence-corrected chi connectivity index (χ3v) is 2.72. The van der Waals surface area contributed by atoms with Gasteiger partial charge >= 0.3 is 0 Å². The van der Waals surface area contributed by atoms with Gasteiger partial charge in [-0.25, -0.2) is 0 Å². The lowest BCUT2D eigenvalue weighted by Crippen LogP contribution is -2.21. The van der Waals surface area contributed by atoms with E-state index in [4.69, 9.17) is 4.42 Å². The molecule has 0 aliphatic heterocycles. The summed E-state index contributed by atoms with van der Waals surface area (Å²) in [6, 6.07) is 2.16. The Morgan fingerprint density at radius 1 is 1.41 bits per heavy atom. The van der Waals surface area contributed by atoms with Crippen molar-refractivity contribution in [2.75, 3.05) is 6.54 Å². The quantitative estimate of drug-likeness (QED) is 0.834. The Balaban J connectivity index is 2.20. The van der Waals surface area contributed by atoms with E-state index in [0.29, 0.717) is 0 Å². The molecule has 0 aliphatic rings. The van der Waals surface area contributed by atoms with Crippen LogP contribution in [0.1, 0.15) is 37.4 Å². The standard InChI is InChI=1S/C13H19N3O/c1-3-6-16-9-12(8-15-16)13(14-4-2)11-5-7-17-10-11/h5,7-10,13-14H,3-4,6H2,1-2H3. The normalized spacial score (nSPS) is 12.8. The Morgan fingerprint density at radius 3 is 2.94 bits per heavy atom. The maximum atomic E-state index is 5.15. The van der Waals surface area contributed by atoms with Gasteiger partial charge in [0.15, 0.2) is 0 Å². The highest BCUT2D eigenvalue weighted by Gasteiger charge is 2.15. The first-order valence-corrected chi connectivity index (χ1v) is 6.13. The molecule has 1 N–H and O–H groups in total. The number of nitrogens with zero attached hydrogens (tertiary/aromatic N) is 2. The van der Waals surface area contributed by atoms with Crippen molar-refractivity contribution in [1.29, 1.82) is 0 Å². The number of nitrogens with one attached hydrogen (secondary N) is 1. The zero-order valence-corrected chi connectivity index (χ0v) is 10.4. The Bertz CT molecular complexity index is 433. The van der Waals surface area contributed by atoms with Crippen molar-refractivity contribution in [1.82, 2.24) is 15.1 Å². The van der Waals surface area contributed by atoms with Crippen molar-refractivity contribution in [3.63, 3.8) is 0 Å². The molecule has 0 aromatic carbocycles. The molecule has 2 rings (SSSR count). The van der Waals surface area contributed by atoms with Crippen LogP contribution in [-0.2, 0) is 6.54 Å².